The lowest BCUT2D eigenvalue weighted by Gasteiger charge is -2.17. The summed E-state index contributed by atoms with van der Waals surface area (Å²) in [5.74, 6) is -0.154. The molecule has 0 saturated heterocycles. The van der Waals surface area contributed by atoms with E-state index in [0.29, 0.717) is 20.1 Å². The van der Waals surface area contributed by atoms with Crippen LogP contribution >= 0.6 is 47.2 Å². The molecule has 1 rings (SSSR count). The van der Waals surface area contributed by atoms with E-state index in [1.165, 1.54) is 11.8 Å². The van der Waals surface area contributed by atoms with Crippen molar-refractivity contribution in [3.8, 4) is 0 Å². The maximum atomic E-state index is 12.0. The van der Waals surface area contributed by atoms with E-state index in [1.807, 2.05) is 14.1 Å². The van der Waals surface area contributed by atoms with Gasteiger partial charge in [-0.05, 0) is 25.1 Å². The zero-order chi connectivity index (χ0) is 14.6. The molecule has 1 unspecified atom stereocenters. The Hall–Kier alpha value is -0.490. The highest BCUT2D eigenvalue weighted by molar-refractivity contribution is 8.23. The van der Waals surface area contributed by atoms with Crippen molar-refractivity contribution in [2.75, 3.05) is 19.4 Å². The normalized spacial score (nSPS) is 11.8. The van der Waals surface area contributed by atoms with Crippen LogP contribution in [0.5, 0.6) is 0 Å². The smallest absolute Gasteiger partial charge is 0.237 e. The van der Waals surface area contributed by atoms with Gasteiger partial charge in [0.25, 0.3) is 0 Å². The number of thiocarbonyl (C=S) groups is 1. The summed E-state index contributed by atoms with van der Waals surface area (Å²) in [7, 11) is 3.69. The molecular weight excluding hydrogens is 323 g/mol. The van der Waals surface area contributed by atoms with E-state index in [0.717, 1.165) is 0 Å². The Bertz CT molecular complexity index is 495. The number of rotatable bonds is 3. The van der Waals surface area contributed by atoms with Crippen molar-refractivity contribution >= 4 is 63.1 Å². The highest BCUT2D eigenvalue weighted by Gasteiger charge is 2.17. The zero-order valence-corrected chi connectivity index (χ0v) is 13.9. The van der Waals surface area contributed by atoms with Crippen molar-refractivity contribution in [1.29, 1.82) is 0 Å². The Kier molecular flexibility index (Phi) is 6.39. The highest BCUT2D eigenvalue weighted by atomic mass is 35.5. The molecule has 0 aliphatic carbocycles. The number of anilines is 1. The lowest BCUT2D eigenvalue weighted by Crippen LogP contribution is -2.27. The van der Waals surface area contributed by atoms with Gasteiger partial charge < -0.3 is 10.2 Å². The minimum absolute atomic E-state index is 0.154. The molecule has 0 aliphatic rings. The summed E-state index contributed by atoms with van der Waals surface area (Å²) in [6.45, 7) is 1.79. The number of nitrogens with one attached hydrogen (secondary N) is 1. The van der Waals surface area contributed by atoms with E-state index in [1.54, 1.807) is 30.0 Å². The van der Waals surface area contributed by atoms with Crippen LogP contribution in [0, 0.1) is 0 Å². The average molecular weight is 337 g/mol. The molecule has 3 nitrogen and oxygen atoms in total. The summed E-state index contributed by atoms with van der Waals surface area (Å²) >= 11 is 18.3. The molecule has 7 heteroatoms. The third-order valence-corrected chi connectivity index (χ3v) is 4.54. The molecule has 0 saturated carbocycles. The van der Waals surface area contributed by atoms with Gasteiger partial charge in [0, 0.05) is 19.1 Å². The Morgan fingerprint density at radius 2 is 2.05 bits per heavy atom. The van der Waals surface area contributed by atoms with Gasteiger partial charge in [0.2, 0.25) is 5.91 Å². The van der Waals surface area contributed by atoms with E-state index in [2.05, 4.69) is 5.32 Å². The van der Waals surface area contributed by atoms with Gasteiger partial charge in [-0.2, -0.15) is 0 Å². The molecule has 0 radical (unpaired) electrons. The Balaban J connectivity index is 2.66. The molecule has 19 heavy (non-hydrogen) atoms. The van der Waals surface area contributed by atoms with Gasteiger partial charge >= 0.3 is 0 Å². The van der Waals surface area contributed by atoms with E-state index in [-0.39, 0.29) is 11.2 Å². The van der Waals surface area contributed by atoms with Crippen molar-refractivity contribution in [1.82, 2.24) is 4.90 Å². The van der Waals surface area contributed by atoms with Crippen LogP contribution in [-0.4, -0.2) is 34.5 Å². The van der Waals surface area contributed by atoms with E-state index in [9.17, 15) is 4.79 Å². The molecule has 1 N–H and O–H groups in total. The first-order valence-corrected chi connectivity index (χ1v) is 7.49. The molecule has 1 atom stereocenters. The van der Waals surface area contributed by atoms with Gasteiger partial charge in [-0.15, -0.1) is 0 Å². The molecule has 104 valence electrons. The predicted octanol–water partition coefficient (Wildman–Crippen LogP) is 3.90. The Morgan fingerprint density at radius 1 is 1.42 bits per heavy atom. The third-order valence-electron chi connectivity index (χ3n) is 2.20. The molecule has 0 heterocycles. The van der Waals surface area contributed by atoms with Gasteiger partial charge in [-0.3, -0.25) is 4.79 Å². The summed E-state index contributed by atoms with van der Waals surface area (Å²) < 4.78 is 0.657. The van der Waals surface area contributed by atoms with Crippen molar-refractivity contribution in [3.05, 3.63) is 28.2 Å². The summed E-state index contributed by atoms with van der Waals surface area (Å²) in [6.07, 6.45) is 0. The van der Waals surface area contributed by atoms with Crippen molar-refractivity contribution in [2.45, 2.75) is 12.2 Å². The first-order chi connectivity index (χ1) is 8.81. The maximum Gasteiger partial charge on any atom is 0.237 e. The highest BCUT2D eigenvalue weighted by Crippen LogP contribution is 2.26. The minimum atomic E-state index is -0.304. The largest absolute Gasteiger partial charge is 0.364 e. The van der Waals surface area contributed by atoms with E-state index >= 15 is 0 Å². The number of hydrogen-bond donors (Lipinski definition) is 1. The van der Waals surface area contributed by atoms with Crippen LogP contribution in [0.3, 0.4) is 0 Å². The van der Waals surface area contributed by atoms with Crippen LogP contribution in [-0.2, 0) is 4.79 Å². The first-order valence-electron chi connectivity index (χ1n) is 5.45. The first kappa shape index (κ1) is 16.6. The number of carbonyl (C=O) groups is 1. The number of carbonyl (C=O) groups excluding carboxylic acids is 1. The van der Waals surface area contributed by atoms with Crippen LogP contribution in [0.2, 0.25) is 10.0 Å². The zero-order valence-electron chi connectivity index (χ0n) is 10.7. The summed E-state index contributed by atoms with van der Waals surface area (Å²) in [5.41, 5.74) is 0.541. The molecular formula is C12H14Cl2N2OS2. The second-order valence-corrected chi connectivity index (χ2v) is 6.85. The lowest BCUT2D eigenvalue weighted by molar-refractivity contribution is -0.115. The molecule has 0 bridgehead atoms. The summed E-state index contributed by atoms with van der Waals surface area (Å²) in [5, 5.41) is 3.39. The van der Waals surface area contributed by atoms with E-state index in [4.69, 9.17) is 35.4 Å². The summed E-state index contributed by atoms with van der Waals surface area (Å²) in [4.78, 5) is 13.8. The van der Waals surface area contributed by atoms with Gasteiger partial charge in [-0.25, -0.2) is 0 Å². The second-order valence-electron chi connectivity index (χ2n) is 4.03. The molecule has 0 aliphatic heterocycles. The van der Waals surface area contributed by atoms with E-state index < -0.39 is 0 Å². The van der Waals surface area contributed by atoms with Crippen molar-refractivity contribution in [2.24, 2.45) is 0 Å². The predicted molar refractivity (Wildman–Crippen MR) is 88.4 cm³/mol. The summed E-state index contributed by atoms with van der Waals surface area (Å²) in [6, 6.07) is 4.93. The van der Waals surface area contributed by atoms with Crippen LogP contribution in [0.25, 0.3) is 0 Å². The SMILES string of the molecule is CC(SC(=S)N(C)C)C(=O)Nc1ccc(Cl)cc1Cl. The molecule has 1 amide bonds. The fourth-order valence-corrected chi connectivity index (χ4v) is 2.70. The average Bonchev–Trinajstić information content (AvgIpc) is 2.32. The molecule has 0 aromatic heterocycles. The van der Waals surface area contributed by atoms with Gasteiger partial charge in [0.05, 0.1) is 16.0 Å². The van der Waals surface area contributed by atoms with Gasteiger partial charge in [0.1, 0.15) is 4.32 Å². The minimum Gasteiger partial charge on any atom is -0.364 e. The number of nitrogens with zero attached hydrogens (tertiary/aromatic N) is 1. The third kappa shape index (κ3) is 5.18. The fraction of sp³-hybridized carbons (Fsp3) is 0.333. The van der Waals surface area contributed by atoms with Gasteiger partial charge in [0.15, 0.2) is 0 Å². The molecule has 1 aromatic carbocycles. The molecule has 0 spiro atoms. The topological polar surface area (TPSA) is 32.3 Å². The standard InChI is InChI=1S/C12H14Cl2N2OS2/c1-7(19-12(18)16(2)3)11(17)15-10-5-4-8(13)6-9(10)14/h4-7H,1-3H3,(H,15,17). The second kappa shape index (κ2) is 7.33. The number of amides is 1. The number of halogens is 2. The maximum absolute atomic E-state index is 12.0. The number of benzene rings is 1. The van der Waals surface area contributed by atoms with Gasteiger partial charge in [-0.1, -0.05) is 47.2 Å². The van der Waals surface area contributed by atoms with Crippen molar-refractivity contribution in [3.63, 3.8) is 0 Å². The molecule has 1 aromatic rings. The lowest BCUT2D eigenvalue weighted by atomic mass is 10.3. The quantitative estimate of drug-likeness (QED) is 0.848. The van der Waals surface area contributed by atoms with Crippen LogP contribution in [0.4, 0.5) is 5.69 Å². The number of hydrogen-bond acceptors (Lipinski definition) is 3. The number of thioether (sulfide) groups is 1. The monoisotopic (exact) mass is 336 g/mol. The fourth-order valence-electron chi connectivity index (χ4n) is 1.14. The molecule has 0 fully saturated rings. The van der Waals surface area contributed by atoms with Crippen LogP contribution in [0.15, 0.2) is 18.2 Å². The van der Waals surface area contributed by atoms with Crippen molar-refractivity contribution < 1.29 is 4.79 Å². The van der Waals surface area contributed by atoms with Crippen LogP contribution in [0.1, 0.15) is 6.92 Å². The Morgan fingerprint density at radius 3 is 2.58 bits per heavy atom. The Labute approximate surface area is 132 Å². The van der Waals surface area contributed by atoms with Crippen LogP contribution < -0.4 is 5.32 Å².